The summed E-state index contributed by atoms with van der Waals surface area (Å²) in [5.41, 5.74) is 8.15. The van der Waals surface area contributed by atoms with Crippen molar-refractivity contribution in [1.29, 1.82) is 5.26 Å². The lowest BCUT2D eigenvalue weighted by Gasteiger charge is -2.05. The van der Waals surface area contributed by atoms with Crippen LogP contribution in [0.15, 0.2) is 24.3 Å². The molecule has 0 atom stereocenters. The highest BCUT2D eigenvalue weighted by atomic mass is 35.5. The van der Waals surface area contributed by atoms with Gasteiger partial charge in [-0.3, -0.25) is 0 Å². The number of nitrogens with zero attached hydrogens (tertiary/aromatic N) is 3. The van der Waals surface area contributed by atoms with Crippen LogP contribution in [-0.2, 0) is 13.0 Å². The molecular weight excluding hydrogens is 260 g/mol. The van der Waals surface area contributed by atoms with E-state index in [0.29, 0.717) is 22.9 Å². The van der Waals surface area contributed by atoms with Gasteiger partial charge in [-0.25, -0.2) is 4.68 Å². The van der Waals surface area contributed by atoms with Gasteiger partial charge in [0.15, 0.2) is 0 Å². The molecule has 1 aromatic heterocycles. The Kier molecular flexibility index (Phi) is 4.08. The van der Waals surface area contributed by atoms with Crippen LogP contribution >= 0.6 is 11.6 Å². The summed E-state index contributed by atoms with van der Waals surface area (Å²) < 4.78 is 1.64. The van der Waals surface area contributed by atoms with E-state index in [9.17, 15) is 0 Å². The molecule has 0 spiro atoms. The van der Waals surface area contributed by atoms with Crippen LogP contribution in [0, 0.1) is 11.3 Å². The maximum Gasteiger partial charge on any atom is 0.140 e. The zero-order valence-electron chi connectivity index (χ0n) is 10.7. The number of benzene rings is 1. The van der Waals surface area contributed by atoms with E-state index in [4.69, 9.17) is 22.6 Å². The van der Waals surface area contributed by atoms with Gasteiger partial charge in [0, 0.05) is 5.02 Å². The predicted molar refractivity (Wildman–Crippen MR) is 75.9 cm³/mol. The molecule has 0 saturated heterocycles. The van der Waals surface area contributed by atoms with Crippen molar-refractivity contribution in [3.63, 3.8) is 0 Å². The first-order valence-corrected chi connectivity index (χ1v) is 6.53. The van der Waals surface area contributed by atoms with Gasteiger partial charge >= 0.3 is 0 Å². The van der Waals surface area contributed by atoms with Gasteiger partial charge in [0.05, 0.1) is 12.2 Å². The standard InChI is InChI=1S/C14H15ClN4/c1-2-5-13-11(8-16)14(17)19(18-13)9-10-6-3-4-7-12(10)15/h3-4,6-7H,2,5,9,17H2,1H3. The molecule has 0 amide bonds. The van der Waals surface area contributed by atoms with Crippen LogP contribution in [0.25, 0.3) is 0 Å². The number of hydrogen-bond acceptors (Lipinski definition) is 3. The zero-order valence-corrected chi connectivity index (χ0v) is 11.5. The maximum atomic E-state index is 9.15. The molecule has 4 nitrogen and oxygen atoms in total. The summed E-state index contributed by atoms with van der Waals surface area (Å²) >= 11 is 6.12. The number of nitrogen functional groups attached to an aromatic ring is 1. The number of aromatic nitrogens is 2. The van der Waals surface area contributed by atoms with Gasteiger partial charge in [-0.15, -0.1) is 0 Å². The molecule has 2 aromatic rings. The molecule has 0 radical (unpaired) electrons. The van der Waals surface area contributed by atoms with Crippen LogP contribution in [0.5, 0.6) is 0 Å². The molecule has 19 heavy (non-hydrogen) atoms. The number of nitriles is 1. The van der Waals surface area contributed by atoms with E-state index in [1.165, 1.54) is 0 Å². The third kappa shape index (κ3) is 2.72. The van der Waals surface area contributed by atoms with Crippen molar-refractivity contribution >= 4 is 17.4 Å². The van der Waals surface area contributed by atoms with E-state index in [0.717, 1.165) is 24.1 Å². The molecule has 1 heterocycles. The topological polar surface area (TPSA) is 67.6 Å². The highest BCUT2D eigenvalue weighted by Crippen LogP contribution is 2.21. The fourth-order valence-corrected chi connectivity index (χ4v) is 2.16. The lowest BCUT2D eigenvalue weighted by Crippen LogP contribution is -2.06. The number of rotatable bonds is 4. The summed E-state index contributed by atoms with van der Waals surface area (Å²) in [5, 5.41) is 14.2. The van der Waals surface area contributed by atoms with Gasteiger partial charge in [0.1, 0.15) is 17.5 Å². The van der Waals surface area contributed by atoms with E-state index in [1.54, 1.807) is 4.68 Å². The second-order valence-corrected chi connectivity index (χ2v) is 4.72. The molecular formula is C14H15ClN4. The summed E-state index contributed by atoms with van der Waals surface area (Å²) in [6.07, 6.45) is 1.68. The van der Waals surface area contributed by atoms with E-state index >= 15 is 0 Å². The van der Waals surface area contributed by atoms with Crippen molar-refractivity contribution in [2.45, 2.75) is 26.3 Å². The third-order valence-corrected chi connectivity index (χ3v) is 3.31. The van der Waals surface area contributed by atoms with Gasteiger partial charge in [0.25, 0.3) is 0 Å². The maximum absolute atomic E-state index is 9.15. The molecule has 0 bridgehead atoms. The molecule has 1 aromatic carbocycles. The average molecular weight is 275 g/mol. The predicted octanol–water partition coefficient (Wildman–Crippen LogP) is 2.99. The minimum Gasteiger partial charge on any atom is -0.383 e. The first-order chi connectivity index (χ1) is 9.17. The number of anilines is 1. The summed E-state index contributed by atoms with van der Waals surface area (Å²) in [4.78, 5) is 0. The molecule has 2 rings (SSSR count). The summed E-state index contributed by atoms with van der Waals surface area (Å²) in [7, 11) is 0. The molecule has 0 aliphatic carbocycles. The summed E-state index contributed by atoms with van der Waals surface area (Å²) in [6, 6.07) is 9.67. The van der Waals surface area contributed by atoms with Crippen molar-refractivity contribution in [3.8, 4) is 6.07 Å². The van der Waals surface area contributed by atoms with E-state index in [-0.39, 0.29) is 0 Å². The average Bonchev–Trinajstić information content (AvgIpc) is 2.69. The number of halogens is 1. The summed E-state index contributed by atoms with van der Waals surface area (Å²) in [6.45, 7) is 2.52. The third-order valence-electron chi connectivity index (χ3n) is 2.94. The van der Waals surface area contributed by atoms with Gasteiger partial charge in [0.2, 0.25) is 0 Å². The molecule has 5 heteroatoms. The fraction of sp³-hybridized carbons (Fsp3) is 0.286. The van der Waals surface area contributed by atoms with Crippen molar-refractivity contribution in [3.05, 3.63) is 46.1 Å². The Bertz CT molecular complexity index is 625. The number of hydrogen-bond donors (Lipinski definition) is 1. The normalized spacial score (nSPS) is 10.4. The lowest BCUT2D eigenvalue weighted by molar-refractivity contribution is 0.676. The SMILES string of the molecule is CCCc1nn(Cc2ccccc2Cl)c(N)c1C#N. The van der Waals surface area contributed by atoms with Crippen LogP contribution < -0.4 is 5.73 Å². The van der Waals surface area contributed by atoms with Gasteiger partial charge in [-0.2, -0.15) is 10.4 Å². The van der Waals surface area contributed by atoms with E-state index in [1.807, 2.05) is 31.2 Å². The number of aryl methyl sites for hydroxylation is 1. The quantitative estimate of drug-likeness (QED) is 0.932. The largest absolute Gasteiger partial charge is 0.383 e. The Morgan fingerprint density at radius 2 is 2.16 bits per heavy atom. The fourth-order valence-electron chi connectivity index (χ4n) is 1.97. The van der Waals surface area contributed by atoms with Gasteiger partial charge in [-0.05, 0) is 18.1 Å². The first kappa shape index (κ1) is 13.4. The number of nitrogens with two attached hydrogens (primary N) is 1. The van der Waals surface area contributed by atoms with Crippen LogP contribution in [0.2, 0.25) is 5.02 Å². The molecule has 2 N–H and O–H groups in total. The first-order valence-electron chi connectivity index (χ1n) is 6.16. The monoisotopic (exact) mass is 274 g/mol. The highest BCUT2D eigenvalue weighted by Gasteiger charge is 2.15. The Labute approximate surface area is 117 Å². The molecule has 0 unspecified atom stereocenters. The molecule has 0 fully saturated rings. The van der Waals surface area contributed by atoms with Crippen LogP contribution in [-0.4, -0.2) is 9.78 Å². The molecule has 98 valence electrons. The van der Waals surface area contributed by atoms with Crippen LogP contribution in [0.3, 0.4) is 0 Å². The van der Waals surface area contributed by atoms with E-state index in [2.05, 4.69) is 11.2 Å². The van der Waals surface area contributed by atoms with Gasteiger partial charge < -0.3 is 5.73 Å². The lowest BCUT2D eigenvalue weighted by atomic mass is 10.2. The highest BCUT2D eigenvalue weighted by molar-refractivity contribution is 6.31. The zero-order chi connectivity index (χ0) is 13.8. The Hall–Kier alpha value is -1.99. The van der Waals surface area contributed by atoms with Crippen molar-refractivity contribution in [1.82, 2.24) is 9.78 Å². The van der Waals surface area contributed by atoms with Crippen molar-refractivity contribution < 1.29 is 0 Å². The Morgan fingerprint density at radius 1 is 1.42 bits per heavy atom. The van der Waals surface area contributed by atoms with Crippen molar-refractivity contribution in [2.24, 2.45) is 0 Å². The second kappa shape index (κ2) is 5.77. The summed E-state index contributed by atoms with van der Waals surface area (Å²) in [5.74, 6) is 0.408. The van der Waals surface area contributed by atoms with Crippen LogP contribution in [0.1, 0.15) is 30.2 Å². The van der Waals surface area contributed by atoms with E-state index < -0.39 is 0 Å². The minimum atomic E-state index is 0.408. The second-order valence-electron chi connectivity index (χ2n) is 4.32. The molecule has 0 aliphatic rings. The van der Waals surface area contributed by atoms with Crippen molar-refractivity contribution in [2.75, 3.05) is 5.73 Å². The Morgan fingerprint density at radius 3 is 2.79 bits per heavy atom. The smallest absolute Gasteiger partial charge is 0.140 e. The minimum absolute atomic E-state index is 0.408. The van der Waals surface area contributed by atoms with Gasteiger partial charge in [-0.1, -0.05) is 43.1 Å². The van der Waals surface area contributed by atoms with Crippen LogP contribution in [0.4, 0.5) is 5.82 Å². The Balaban J connectivity index is 2.36. The molecule has 0 saturated carbocycles. The molecule has 0 aliphatic heterocycles.